The van der Waals surface area contributed by atoms with Crippen molar-refractivity contribution < 1.29 is 44.2 Å². The van der Waals surface area contributed by atoms with E-state index in [1.54, 1.807) is 23.3 Å². The maximum absolute atomic E-state index is 12.6. The molecule has 1 aromatic heterocycles. The highest BCUT2D eigenvalue weighted by Crippen LogP contribution is 2.33. The third-order valence-electron chi connectivity index (χ3n) is 6.69. The van der Waals surface area contributed by atoms with Crippen LogP contribution in [0.25, 0.3) is 10.8 Å². The Morgan fingerprint density at radius 1 is 1.00 bits per heavy atom. The van der Waals surface area contributed by atoms with Gasteiger partial charge in [0, 0.05) is 41.8 Å². The number of ether oxygens (including phenoxy) is 4. The molecule has 1 aliphatic rings. The quantitative estimate of drug-likeness (QED) is 0.143. The van der Waals surface area contributed by atoms with Crippen molar-refractivity contribution in [2.45, 2.75) is 43.2 Å². The maximum Gasteiger partial charge on any atom is 0.409 e. The summed E-state index contributed by atoms with van der Waals surface area (Å²) in [6.45, 7) is 0.422. The first-order valence-corrected chi connectivity index (χ1v) is 17.0. The molecule has 1 saturated heterocycles. The number of rotatable bonds is 15. The first-order valence-electron chi connectivity index (χ1n) is 13.6. The maximum atomic E-state index is 12.6. The van der Waals surface area contributed by atoms with Crippen LogP contribution in [0.1, 0.15) is 17.4 Å². The molecule has 2 aromatic carbocycles. The Morgan fingerprint density at radius 3 is 2.52 bits per heavy atom. The summed E-state index contributed by atoms with van der Waals surface area (Å²) in [5, 5.41) is 43.1. The zero-order chi connectivity index (χ0) is 29.9. The first-order chi connectivity index (χ1) is 20.4. The second-order valence-electron chi connectivity index (χ2n) is 9.64. The van der Waals surface area contributed by atoms with E-state index in [4.69, 9.17) is 18.9 Å². The molecule has 1 fully saturated rings. The number of aliphatic hydroxyl groups is 4. The molecule has 4 N–H and O–H groups in total. The van der Waals surface area contributed by atoms with Gasteiger partial charge in [0.1, 0.15) is 42.9 Å². The summed E-state index contributed by atoms with van der Waals surface area (Å²) < 4.78 is 22.7. The highest BCUT2D eigenvalue weighted by atomic mass is 33.1. The zero-order valence-electron chi connectivity index (χ0n) is 23.2. The zero-order valence-corrected chi connectivity index (χ0v) is 25.6. The number of benzene rings is 2. The van der Waals surface area contributed by atoms with Gasteiger partial charge in [-0.05, 0) is 22.9 Å². The molecule has 4 rings (SSSR count). The molecule has 10 nitrogen and oxygen atoms in total. The topological polar surface area (TPSA) is 138 Å². The number of aliphatic hydroxyl groups excluding tert-OH is 4. The Kier molecular flexibility index (Phi) is 13.0. The average molecular weight is 640 g/mol. The molecule has 1 aliphatic heterocycles. The Bertz CT molecular complexity index is 1230. The molecular formula is C29H37NO9S3. The Labute approximate surface area is 256 Å². The minimum Gasteiger partial charge on any atom is -0.484 e. The lowest BCUT2D eigenvalue weighted by Gasteiger charge is -2.39. The van der Waals surface area contributed by atoms with Gasteiger partial charge < -0.3 is 44.3 Å². The van der Waals surface area contributed by atoms with Crippen LogP contribution in [0.15, 0.2) is 60.0 Å². The first kappa shape index (κ1) is 32.8. The number of carbonyl (C=O) groups is 1. The highest BCUT2D eigenvalue weighted by Gasteiger charge is 2.43. The van der Waals surface area contributed by atoms with E-state index in [2.05, 4.69) is 12.1 Å². The molecule has 0 spiro atoms. The van der Waals surface area contributed by atoms with E-state index in [0.717, 1.165) is 21.4 Å². The monoisotopic (exact) mass is 639 g/mol. The Hall–Kier alpha value is -2.07. The lowest BCUT2D eigenvalue weighted by molar-refractivity contribution is -0.299. The molecule has 2 heterocycles. The second kappa shape index (κ2) is 16.7. The van der Waals surface area contributed by atoms with Crippen LogP contribution < -0.4 is 4.74 Å². The van der Waals surface area contributed by atoms with Gasteiger partial charge in [-0.3, -0.25) is 0 Å². The lowest BCUT2D eigenvalue weighted by Crippen LogP contribution is -2.59. The third kappa shape index (κ3) is 8.97. The van der Waals surface area contributed by atoms with Crippen LogP contribution >= 0.6 is 32.9 Å². The number of nitrogens with zero attached hydrogens (tertiary/aromatic N) is 1. The van der Waals surface area contributed by atoms with E-state index in [1.807, 2.05) is 47.8 Å². The fraction of sp³-hybridized carbons (Fsp3) is 0.483. The van der Waals surface area contributed by atoms with Crippen LogP contribution in [0.2, 0.25) is 0 Å². The number of hydrogen-bond donors (Lipinski definition) is 4. The van der Waals surface area contributed by atoms with Crippen molar-refractivity contribution in [2.75, 3.05) is 44.9 Å². The molecular weight excluding hydrogens is 603 g/mol. The second-order valence-corrected chi connectivity index (χ2v) is 13.3. The molecule has 42 heavy (non-hydrogen) atoms. The van der Waals surface area contributed by atoms with Crippen molar-refractivity contribution in [1.29, 1.82) is 0 Å². The fourth-order valence-corrected chi connectivity index (χ4v) is 6.84. The predicted molar refractivity (Wildman–Crippen MR) is 165 cm³/mol. The van der Waals surface area contributed by atoms with Crippen LogP contribution in [0.5, 0.6) is 5.75 Å². The van der Waals surface area contributed by atoms with Crippen molar-refractivity contribution >= 4 is 49.8 Å². The summed E-state index contributed by atoms with van der Waals surface area (Å²) in [6.07, 6.45) is -6.43. The lowest BCUT2D eigenvalue weighted by atomic mass is 9.99. The number of amides is 1. The van der Waals surface area contributed by atoms with Crippen LogP contribution in [0, 0.1) is 0 Å². The summed E-state index contributed by atoms with van der Waals surface area (Å²) in [5.74, 6) is 1.94. The minimum absolute atomic E-state index is 0.205. The van der Waals surface area contributed by atoms with Crippen LogP contribution in [-0.4, -0.2) is 107 Å². The van der Waals surface area contributed by atoms with Crippen molar-refractivity contribution in [3.8, 4) is 5.75 Å². The molecule has 0 radical (unpaired) electrons. The number of hydrogen-bond acceptors (Lipinski definition) is 12. The molecule has 230 valence electrons. The minimum atomic E-state index is -1.46. The molecule has 0 saturated carbocycles. The highest BCUT2D eigenvalue weighted by molar-refractivity contribution is 8.76. The molecule has 0 bridgehead atoms. The van der Waals surface area contributed by atoms with Gasteiger partial charge in [0.15, 0.2) is 6.29 Å². The van der Waals surface area contributed by atoms with Gasteiger partial charge in [0.25, 0.3) is 0 Å². The SMILES string of the molecule is CN(CC[C@@H](Oc1cccc2ccccc12)c1cccs1)C(=O)OCCSSCCO[C@@H]1O[C@H](CO)[C@@H](O)[C@H](O)[C@H]1O. The van der Waals surface area contributed by atoms with Crippen molar-refractivity contribution in [2.24, 2.45) is 0 Å². The molecule has 1 amide bonds. The van der Waals surface area contributed by atoms with Gasteiger partial charge in [0.05, 0.1) is 13.2 Å². The number of thiophene rings is 1. The van der Waals surface area contributed by atoms with E-state index in [0.29, 0.717) is 24.5 Å². The molecule has 6 atom stereocenters. The molecule has 3 aromatic rings. The normalized spacial score (nSPS) is 23.0. The largest absolute Gasteiger partial charge is 0.484 e. The summed E-state index contributed by atoms with van der Waals surface area (Å²) in [5.41, 5.74) is 0. The van der Waals surface area contributed by atoms with Gasteiger partial charge in [-0.2, -0.15) is 0 Å². The van der Waals surface area contributed by atoms with Gasteiger partial charge in [-0.15, -0.1) is 11.3 Å². The fourth-order valence-electron chi connectivity index (χ4n) is 4.38. The van der Waals surface area contributed by atoms with E-state index in [1.165, 1.54) is 21.6 Å². The van der Waals surface area contributed by atoms with Gasteiger partial charge in [-0.25, -0.2) is 4.79 Å². The van der Waals surface area contributed by atoms with Gasteiger partial charge in [-0.1, -0.05) is 64.1 Å². The third-order valence-corrected chi connectivity index (χ3v) is 9.99. The summed E-state index contributed by atoms with van der Waals surface area (Å²) in [6, 6.07) is 18.1. The van der Waals surface area contributed by atoms with E-state index in [-0.39, 0.29) is 19.3 Å². The summed E-state index contributed by atoms with van der Waals surface area (Å²) >= 11 is 1.63. The van der Waals surface area contributed by atoms with E-state index in [9.17, 15) is 25.2 Å². The molecule has 13 heteroatoms. The van der Waals surface area contributed by atoms with Crippen molar-refractivity contribution in [1.82, 2.24) is 4.90 Å². The number of carbonyl (C=O) groups excluding carboxylic acids is 1. The van der Waals surface area contributed by atoms with Crippen molar-refractivity contribution in [3.05, 3.63) is 64.9 Å². The average Bonchev–Trinajstić information content (AvgIpc) is 3.55. The smallest absolute Gasteiger partial charge is 0.409 e. The standard InChI is InChI=1S/C29H37NO9S3/c1-30(12-11-22(24-10-5-15-40-24)38-21-9-4-7-19-6-2-3-8-20(19)21)29(35)37-14-17-42-41-16-13-36-28-27(34)26(33)25(32)23(18-31)39-28/h2-10,15,22-23,25-28,31-34H,11-14,16-18H2,1H3/t22-,23-,25-,26+,27-,28-/m1/s1. The summed E-state index contributed by atoms with van der Waals surface area (Å²) in [4.78, 5) is 15.2. The van der Waals surface area contributed by atoms with Gasteiger partial charge in [0.2, 0.25) is 0 Å². The van der Waals surface area contributed by atoms with E-state index >= 15 is 0 Å². The Morgan fingerprint density at radius 2 is 1.76 bits per heavy atom. The van der Waals surface area contributed by atoms with E-state index < -0.39 is 43.4 Å². The number of fused-ring (bicyclic) bond motifs is 1. The molecule has 0 unspecified atom stereocenters. The van der Waals surface area contributed by atoms with Crippen LogP contribution in [0.4, 0.5) is 4.79 Å². The summed E-state index contributed by atoms with van der Waals surface area (Å²) in [7, 11) is 4.72. The predicted octanol–water partition coefficient (Wildman–Crippen LogP) is 3.68. The Balaban J connectivity index is 1.13. The van der Waals surface area contributed by atoms with Crippen molar-refractivity contribution in [3.63, 3.8) is 0 Å². The molecule has 0 aliphatic carbocycles. The van der Waals surface area contributed by atoms with Gasteiger partial charge >= 0.3 is 6.09 Å². The van der Waals surface area contributed by atoms with Crippen LogP contribution in [0.3, 0.4) is 0 Å². The van der Waals surface area contributed by atoms with Crippen LogP contribution in [-0.2, 0) is 14.2 Å².